The van der Waals surface area contributed by atoms with Gasteiger partial charge in [-0.25, -0.2) is 0 Å². The van der Waals surface area contributed by atoms with E-state index in [1.54, 1.807) is 4.90 Å². The maximum atomic E-state index is 12.6. The highest BCUT2D eigenvalue weighted by atomic mass is 16.5. The summed E-state index contributed by atoms with van der Waals surface area (Å²) in [6, 6.07) is 16.0. The summed E-state index contributed by atoms with van der Waals surface area (Å²) in [7, 11) is 2.15. The number of fused-ring (bicyclic) bond motifs is 2. The first-order valence-electron chi connectivity index (χ1n) is 16.0. The van der Waals surface area contributed by atoms with Gasteiger partial charge in [0.25, 0.3) is 0 Å². The van der Waals surface area contributed by atoms with Crippen molar-refractivity contribution in [3.63, 3.8) is 0 Å². The molecule has 3 aliphatic rings. The number of piperazine rings is 1. The summed E-state index contributed by atoms with van der Waals surface area (Å²) in [6.07, 6.45) is 6.46. The SMILES string of the molecule is C=CC(=O)N1CCN(c2nc(OC[C@@H]3CCCN3C)nc3c2CCN(c2cccc4cccc(CC)c24)CC3)C[C@H]1CC#N. The van der Waals surface area contributed by atoms with Crippen LogP contribution in [0.25, 0.3) is 10.8 Å². The van der Waals surface area contributed by atoms with Crippen LogP contribution in [0.5, 0.6) is 6.01 Å². The normalized spacial score (nSPS) is 20.7. The number of anilines is 2. The quantitative estimate of drug-likeness (QED) is 0.356. The number of carbonyl (C=O) groups excluding carboxylic acids is 1. The summed E-state index contributed by atoms with van der Waals surface area (Å²) >= 11 is 0. The molecule has 0 bridgehead atoms. The van der Waals surface area contributed by atoms with Gasteiger partial charge in [0.1, 0.15) is 12.4 Å². The standard InChI is InChI=1S/C35H43N7O2/c1-4-25-9-6-10-26-11-7-13-31(33(25)26)40-19-15-29-30(16-20-40)37-35(44-24-28-12-8-18-39(28)3)38-34(29)41-21-22-42(32(43)5-2)27(23-41)14-17-36/h5-7,9-11,13,27-28H,2,4,8,12,14-16,18-24H2,1,3H3/t27-,28+/m1/s1. The van der Waals surface area contributed by atoms with Gasteiger partial charge in [0.05, 0.1) is 24.2 Å². The molecule has 2 atom stereocenters. The van der Waals surface area contributed by atoms with Gasteiger partial charge < -0.3 is 24.3 Å². The molecule has 9 heteroatoms. The molecule has 0 radical (unpaired) electrons. The molecule has 3 aliphatic heterocycles. The number of aromatic nitrogens is 2. The summed E-state index contributed by atoms with van der Waals surface area (Å²) in [4.78, 5) is 31.5. The van der Waals surface area contributed by atoms with Crippen molar-refractivity contribution >= 4 is 28.2 Å². The molecule has 0 aliphatic carbocycles. The Bertz CT molecular complexity index is 1560. The second kappa shape index (κ2) is 13.2. The van der Waals surface area contributed by atoms with Gasteiger partial charge in [-0.05, 0) is 62.4 Å². The lowest BCUT2D eigenvalue weighted by Gasteiger charge is -2.41. The van der Waals surface area contributed by atoms with E-state index in [0.717, 1.165) is 62.4 Å². The van der Waals surface area contributed by atoms with E-state index < -0.39 is 0 Å². The van der Waals surface area contributed by atoms with E-state index in [2.05, 4.69) is 77.7 Å². The molecule has 4 heterocycles. The fourth-order valence-corrected chi connectivity index (χ4v) is 7.18. The van der Waals surface area contributed by atoms with Crippen LogP contribution in [0.15, 0.2) is 49.1 Å². The Morgan fingerprint density at radius 1 is 1.07 bits per heavy atom. The van der Waals surface area contributed by atoms with Gasteiger partial charge in [-0.15, -0.1) is 0 Å². The van der Waals surface area contributed by atoms with Gasteiger partial charge in [-0.2, -0.15) is 15.2 Å². The minimum atomic E-state index is -0.230. The lowest BCUT2D eigenvalue weighted by Crippen LogP contribution is -2.55. The number of rotatable bonds is 8. The molecule has 2 aromatic carbocycles. The van der Waals surface area contributed by atoms with E-state index in [1.165, 1.54) is 34.5 Å². The highest BCUT2D eigenvalue weighted by Crippen LogP contribution is 2.34. The van der Waals surface area contributed by atoms with Crippen molar-refractivity contribution < 1.29 is 9.53 Å². The van der Waals surface area contributed by atoms with E-state index in [9.17, 15) is 10.1 Å². The third-order valence-corrected chi connectivity index (χ3v) is 9.63. The van der Waals surface area contributed by atoms with Crippen molar-refractivity contribution in [2.75, 3.05) is 62.7 Å². The molecule has 0 unspecified atom stereocenters. The second-order valence-corrected chi connectivity index (χ2v) is 12.2. The highest BCUT2D eigenvalue weighted by molar-refractivity contribution is 5.97. The summed E-state index contributed by atoms with van der Waals surface area (Å²) in [5, 5.41) is 12.2. The van der Waals surface area contributed by atoms with Gasteiger partial charge >= 0.3 is 6.01 Å². The van der Waals surface area contributed by atoms with Gasteiger partial charge in [0.2, 0.25) is 5.91 Å². The molecule has 3 aromatic rings. The summed E-state index contributed by atoms with van der Waals surface area (Å²) in [6.45, 7) is 10.9. The molecule has 1 amide bonds. The zero-order valence-electron chi connectivity index (χ0n) is 26.0. The number of benzene rings is 2. The highest BCUT2D eigenvalue weighted by Gasteiger charge is 2.33. The van der Waals surface area contributed by atoms with E-state index in [0.29, 0.717) is 38.3 Å². The number of nitrogens with zero attached hydrogens (tertiary/aromatic N) is 7. The van der Waals surface area contributed by atoms with Crippen LogP contribution in [0, 0.1) is 11.3 Å². The first-order valence-corrected chi connectivity index (χ1v) is 16.0. The van der Waals surface area contributed by atoms with Crippen LogP contribution in [-0.4, -0.2) is 90.7 Å². The second-order valence-electron chi connectivity index (χ2n) is 12.2. The van der Waals surface area contributed by atoms with E-state index >= 15 is 0 Å². The first kappa shape index (κ1) is 29.9. The fourth-order valence-electron chi connectivity index (χ4n) is 7.18. The molecule has 2 fully saturated rings. The summed E-state index contributed by atoms with van der Waals surface area (Å²) in [5.41, 5.74) is 4.81. The predicted molar refractivity (Wildman–Crippen MR) is 174 cm³/mol. The Hall–Kier alpha value is -4.16. The molecular weight excluding hydrogens is 550 g/mol. The zero-order valence-corrected chi connectivity index (χ0v) is 26.0. The lowest BCUT2D eigenvalue weighted by molar-refractivity contribution is -0.128. The van der Waals surface area contributed by atoms with Crippen LogP contribution in [0.4, 0.5) is 11.5 Å². The molecule has 230 valence electrons. The molecule has 6 rings (SSSR count). The number of ether oxygens (including phenoxy) is 1. The number of hydrogen-bond donors (Lipinski definition) is 0. The average molecular weight is 594 g/mol. The molecule has 2 saturated heterocycles. The van der Waals surface area contributed by atoms with Crippen LogP contribution in [0.1, 0.15) is 43.0 Å². The Morgan fingerprint density at radius 3 is 2.64 bits per heavy atom. The summed E-state index contributed by atoms with van der Waals surface area (Å²) < 4.78 is 6.31. The minimum Gasteiger partial charge on any atom is -0.462 e. The number of likely N-dealkylation sites (N-methyl/N-ethyl adjacent to an activating group) is 1. The molecule has 9 nitrogen and oxygen atoms in total. The lowest BCUT2D eigenvalue weighted by atomic mass is 10.00. The third-order valence-electron chi connectivity index (χ3n) is 9.63. The fraction of sp³-hybridized carbons (Fsp3) is 0.486. The van der Waals surface area contributed by atoms with Crippen LogP contribution in [-0.2, 0) is 24.1 Å². The third kappa shape index (κ3) is 5.96. The summed E-state index contributed by atoms with van der Waals surface area (Å²) in [5.74, 6) is 0.751. The van der Waals surface area contributed by atoms with E-state index in [4.69, 9.17) is 14.7 Å². The van der Waals surface area contributed by atoms with Crippen molar-refractivity contribution in [3.8, 4) is 12.1 Å². The molecule has 0 saturated carbocycles. The predicted octanol–water partition coefficient (Wildman–Crippen LogP) is 4.39. The van der Waals surface area contributed by atoms with Crippen LogP contribution in [0.2, 0.25) is 0 Å². The van der Waals surface area contributed by atoms with Crippen molar-refractivity contribution in [2.24, 2.45) is 0 Å². The maximum absolute atomic E-state index is 12.6. The zero-order chi connectivity index (χ0) is 30.6. The van der Waals surface area contributed by atoms with E-state index in [-0.39, 0.29) is 18.4 Å². The number of aryl methyl sites for hydroxylation is 1. The van der Waals surface area contributed by atoms with Crippen LogP contribution >= 0.6 is 0 Å². The van der Waals surface area contributed by atoms with Crippen LogP contribution in [0.3, 0.4) is 0 Å². The van der Waals surface area contributed by atoms with Gasteiger partial charge in [0.15, 0.2) is 0 Å². The first-order chi connectivity index (χ1) is 21.5. The van der Waals surface area contributed by atoms with Crippen molar-refractivity contribution in [2.45, 2.75) is 57.5 Å². The van der Waals surface area contributed by atoms with Gasteiger partial charge in [-0.1, -0.05) is 43.8 Å². The largest absolute Gasteiger partial charge is 0.462 e. The number of likely N-dealkylation sites (tertiary alicyclic amines) is 1. The van der Waals surface area contributed by atoms with Gasteiger partial charge in [0, 0.05) is 61.8 Å². The smallest absolute Gasteiger partial charge is 0.318 e. The minimum absolute atomic E-state index is 0.131. The number of nitriles is 1. The molecular formula is C35H43N7O2. The Morgan fingerprint density at radius 2 is 1.89 bits per heavy atom. The number of hydrogen-bond acceptors (Lipinski definition) is 8. The monoisotopic (exact) mass is 593 g/mol. The molecule has 0 spiro atoms. The van der Waals surface area contributed by atoms with Crippen molar-refractivity contribution in [1.29, 1.82) is 5.26 Å². The number of carbonyl (C=O) groups is 1. The Balaban J connectivity index is 1.33. The Labute approximate surface area is 260 Å². The molecule has 1 aromatic heterocycles. The van der Waals surface area contributed by atoms with E-state index in [1.807, 2.05) is 0 Å². The maximum Gasteiger partial charge on any atom is 0.318 e. The Kier molecular flexibility index (Phi) is 8.99. The number of amides is 1. The average Bonchev–Trinajstić information content (AvgIpc) is 3.34. The van der Waals surface area contributed by atoms with Gasteiger partial charge in [-0.3, -0.25) is 4.79 Å². The topological polar surface area (TPSA) is 88.8 Å². The van der Waals surface area contributed by atoms with Crippen LogP contribution < -0.4 is 14.5 Å². The molecule has 44 heavy (non-hydrogen) atoms. The van der Waals surface area contributed by atoms with Crippen molar-refractivity contribution in [3.05, 3.63) is 65.9 Å². The molecule has 0 N–H and O–H groups in total. The van der Waals surface area contributed by atoms with Crippen molar-refractivity contribution in [1.82, 2.24) is 19.8 Å².